The second-order valence-electron chi connectivity index (χ2n) is 5.32. The van der Waals surface area contributed by atoms with Crippen molar-refractivity contribution in [2.24, 2.45) is 0 Å². The number of aromatic nitrogens is 1. The molecular weight excluding hydrogens is 286 g/mol. The Morgan fingerprint density at radius 3 is 2.95 bits per heavy atom. The van der Waals surface area contributed by atoms with E-state index in [2.05, 4.69) is 10.3 Å². The Hall–Kier alpha value is -1.50. The lowest BCUT2D eigenvalue weighted by Crippen LogP contribution is -2.46. The van der Waals surface area contributed by atoms with Gasteiger partial charge in [-0.05, 0) is 44.2 Å². The summed E-state index contributed by atoms with van der Waals surface area (Å²) in [5, 5.41) is 3.86. The summed E-state index contributed by atoms with van der Waals surface area (Å²) in [5.74, 6) is 0. The minimum absolute atomic E-state index is 0.224. The van der Waals surface area contributed by atoms with Crippen molar-refractivity contribution in [2.45, 2.75) is 23.8 Å². The number of pyridine rings is 1. The molecule has 6 heteroatoms. The van der Waals surface area contributed by atoms with Gasteiger partial charge in [-0.25, -0.2) is 8.42 Å². The Bertz CT molecular complexity index is 740. The van der Waals surface area contributed by atoms with Gasteiger partial charge in [0.05, 0.1) is 10.4 Å². The van der Waals surface area contributed by atoms with E-state index in [1.807, 2.05) is 19.2 Å². The van der Waals surface area contributed by atoms with Crippen LogP contribution in [-0.2, 0) is 10.0 Å². The summed E-state index contributed by atoms with van der Waals surface area (Å²) < 4.78 is 27.4. The molecule has 1 fully saturated rings. The van der Waals surface area contributed by atoms with Crippen LogP contribution in [-0.4, -0.2) is 43.9 Å². The van der Waals surface area contributed by atoms with Gasteiger partial charge in [-0.1, -0.05) is 6.07 Å². The second kappa shape index (κ2) is 5.71. The maximum Gasteiger partial charge on any atom is 0.243 e. The van der Waals surface area contributed by atoms with Crippen LogP contribution in [0.1, 0.15) is 12.8 Å². The van der Waals surface area contributed by atoms with Crippen molar-refractivity contribution in [3.05, 3.63) is 36.5 Å². The van der Waals surface area contributed by atoms with Crippen molar-refractivity contribution >= 4 is 20.9 Å². The van der Waals surface area contributed by atoms with Gasteiger partial charge in [0.2, 0.25) is 10.0 Å². The van der Waals surface area contributed by atoms with Crippen LogP contribution in [0.15, 0.2) is 41.4 Å². The predicted molar refractivity (Wildman–Crippen MR) is 82.6 cm³/mol. The molecule has 0 radical (unpaired) electrons. The fourth-order valence-electron chi connectivity index (χ4n) is 2.84. The number of hydrogen-bond donors (Lipinski definition) is 1. The minimum Gasteiger partial charge on any atom is -0.316 e. The van der Waals surface area contributed by atoms with Gasteiger partial charge in [0.15, 0.2) is 0 Å². The topological polar surface area (TPSA) is 62.3 Å². The Morgan fingerprint density at radius 2 is 2.14 bits per heavy atom. The monoisotopic (exact) mass is 305 g/mol. The standard InChI is InChI=1S/C15H19N3O2S/c1-16-12-5-4-10-18(11-12)21(19,20)15-8-2-7-14-13(15)6-3-9-17-14/h2-3,6-9,12,16H,4-5,10-11H2,1H3. The largest absolute Gasteiger partial charge is 0.316 e. The smallest absolute Gasteiger partial charge is 0.243 e. The normalized spacial score (nSPS) is 20.7. The molecule has 1 unspecified atom stereocenters. The van der Waals surface area contributed by atoms with E-state index in [1.165, 1.54) is 0 Å². The third-order valence-corrected chi connectivity index (χ3v) is 5.94. The van der Waals surface area contributed by atoms with Crippen molar-refractivity contribution in [3.63, 3.8) is 0 Å². The number of piperidine rings is 1. The molecular formula is C15H19N3O2S. The molecule has 1 aliphatic rings. The molecule has 1 aliphatic heterocycles. The fraction of sp³-hybridized carbons (Fsp3) is 0.400. The Labute approximate surface area is 125 Å². The van der Waals surface area contributed by atoms with Crippen LogP contribution in [0.2, 0.25) is 0 Å². The zero-order valence-electron chi connectivity index (χ0n) is 12.0. The molecule has 1 N–H and O–H groups in total. The molecule has 0 saturated carbocycles. The Kier molecular flexibility index (Phi) is 3.93. The van der Waals surface area contributed by atoms with Gasteiger partial charge in [0.1, 0.15) is 0 Å². The SMILES string of the molecule is CNC1CCCN(S(=O)(=O)c2cccc3ncccc23)C1. The highest BCUT2D eigenvalue weighted by Crippen LogP contribution is 2.26. The molecule has 5 nitrogen and oxygen atoms in total. The van der Waals surface area contributed by atoms with Crippen LogP contribution in [0.25, 0.3) is 10.9 Å². The van der Waals surface area contributed by atoms with Gasteiger partial charge >= 0.3 is 0 Å². The summed E-state index contributed by atoms with van der Waals surface area (Å²) in [6, 6.07) is 9.06. The van der Waals surface area contributed by atoms with E-state index < -0.39 is 10.0 Å². The molecule has 1 aromatic heterocycles. The average molecular weight is 305 g/mol. The molecule has 1 aromatic carbocycles. The fourth-order valence-corrected chi connectivity index (χ4v) is 4.56. The first kappa shape index (κ1) is 14.4. The molecule has 0 spiro atoms. The number of hydrogen-bond acceptors (Lipinski definition) is 4. The third-order valence-electron chi connectivity index (χ3n) is 4.02. The molecule has 0 bridgehead atoms. The van der Waals surface area contributed by atoms with Gasteiger partial charge in [-0.15, -0.1) is 0 Å². The predicted octanol–water partition coefficient (Wildman–Crippen LogP) is 1.61. The van der Waals surface area contributed by atoms with Crippen molar-refractivity contribution in [2.75, 3.05) is 20.1 Å². The summed E-state index contributed by atoms with van der Waals surface area (Å²) in [6.45, 7) is 1.10. The molecule has 2 heterocycles. The minimum atomic E-state index is -3.48. The zero-order chi connectivity index (χ0) is 14.9. The van der Waals surface area contributed by atoms with E-state index in [9.17, 15) is 8.42 Å². The van der Waals surface area contributed by atoms with E-state index in [1.54, 1.807) is 28.7 Å². The molecule has 112 valence electrons. The van der Waals surface area contributed by atoms with Crippen LogP contribution < -0.4 is 5.32 Å². The Morgan fingerprint density at radius 1 is 1.29 bits per heavy atom. The summed E-state index contributed by atoms with van der Waals surface area (Å²) in [5.41, 5.74) is 0.709. The molecule has 0 aliphatic carbocycles. The van der Waals surface area contributed by atoms with E-state index >= 15 is 0 Å². The number of rotatable bonds is 3. The van der Waals surface area contributed by atoms with E-state index in [0.29, 0.717) is 28.9 Å². The lowest BCUT2D eigenvalue weighted by Gasteiger charge is -2.31. The highest BCUT2D eigenvalue weighted by atomic mass is 32.2. The van der Waals surface area contributed by atoms with Gasteiger partial charge in [-0.2, -0.15) is 4.31 Å². The third kappa shape index (κ3) is 2.66. The van der Waals surface area contributed by atoms with E-state index in [-0.39, 0.29) is 6.04 Å². The highest BCUT2D eigenvalue weighted by Gasteiger charge is 2.30. The summed E-state index contributed by atoms with van der Waals surface area (Å²) in [7, 11) is -1.60. The quantitative estimate of drug-likeness (QED) is 0.936. The van der Waals surface area contributed by atoms with Gasteiger partial charge in [0, 0.05) is 30.7 Å². The maximum absolute atomic E-state index is 12.9. The number of sulfonamides is 1. The van der Waals surface area contributed by atoms with Crippen molar-refractivity contribution in [1.29, 1.82) is 0 Å². The van der Waals surface area contributed by atoms with Crippen LogP contribution >= 0.6 is 0 Å². The first-order valence-corrected chi connectivity index (χ1v) is 8.58. The van der Waals surface area contributed by atoms with Crippen molar-refractivity contribution in [3.8, 4) is 0 Å². The van der Waals surface area contributed by atoms with Gasteiger partial charge in [0.25, 0.3) is 0 Å². The molecule has 0 amide bonds. The van der Waals surface area contributed by atoms with Crippen LogP contribution in [0.5, 0.6) is 0 Å². The first-order chi connectivity index (χ1) is 10.1. The molecule has 3 rings (SSSR count). The molecule has 1 saturated heterocycles. The van der Waals surface area contributed by atoms with Crippen LogP contribution in [0.3, 0.4) is 0 Å². The number of benzene rings is 1. The summed E-state index contributed by atoms with van der Waals surface area (Å²) in [6.07, 6.45) is 3.57. The summed E-state index contributed by atoms with van der Waals surface area (Å²) in [4.78, 5) is 4.59. The lowest BCUT2D eigenvalue weighted by atomic mass is 10.1. The number of likely N-dealkylation sites (N-methyl/N-ethyl adjacent to an activating group) is 1. The number of fused-ring (bicyclic) bond motifs is 1. The number of nitrogens with one attached hydrogen (secondary N) is 1. The molecule has 21 heavy (non-hydrogen) atoms. The Balaban J connectivity index is 2.04. The van der Waals surface area contributed by atoms with Crippen molar-refractivity contribution in [1.82, 2.24) is 14.6 Å². The first-order valence-electron chi connectivity index (χ1n) is 7.14. The number of nitrogens with zero attached hydrogens (tertiary/aromatic N) is 2. The van der Waals surface area contributed by atoms with Crippen LogP contribution in [0.4, 0.5) is 0 Å². The molecule has 2 aromatic rings. The van der Waals surface area contributed by atoms with Crippen LogP contribution in [0, 0.1) is 0 Å². The van der Waals surface area contributed by atoms with E-state index in [4.69, 9.17) is 0 Å². The lowest BCUT2D eigenvalue weighted by molar-refractivity contribution is 0.293. The van der Waals surface area contributed by atoms with Gasteiger partial charge in [-0.3, -0.25) is 4.98 Å². The summed E-state index contributed by atoms with van der Waals surface area (Å²) >= 11 is 0. The van der Waals surface area contributed by atoms with Crippen molar-refractivity contribution < 1.29 is 8.42 Å². The van der Waals surface area contributed by atoms with E-state index in [0.717, 1.165) is 12.8 Å². The highest BCUT2D eigenvalue weighted by molar-refractivity contribution is 7.89. The molecule has 1 atom stereocenters. The van der Waals surface area contributed by atoms with Gasteiger partial charge < -0.3 is 5.32 Å². The second-order valence-corrected chi connectivity index (χ2v) is 7.22. The maximum atomic E-state index is 12.9. The zero-order valence-corrected chi connectivity index (χ0v) is 12.8. The average Bonchev–Trinajstić information content (AvgIpc) is 2.54.